The van der Waals surface area contributed by atoms with E-state index in [1.165, 1.54) is 12.8 Å². The summed E-state index contributed by atoms with van der Waals surface area (Å²) in [7, 11) is 0. The van der Waals surface area contributed by atoms with E-state index in [1.807, 2.05) is 0 Å². The van der Waals surface area contributed by atoms with Crippen LogP contribution in [0.4, 0.5) is 0 Å². The van der Waals surface area contributed by atoms with E-state index in [2.05, 4.69) is 13.8 Å². The summed E-state index contributed by atoms with van der Waals surface area (Å²) in [5, 5.41) is 0.862. The van der Waals surface area contributed by atoms with Crippen molar-refractivity contribution >= 4 is 46.4 Å². The zero-order valence-corrected chi connectivity index (χ0v) is 16.9. The first-order valence-corrected chi connectivity index (χ1v) is 9.92. The molecule has 0 amide bonds. The Balaban J connectivity index is 2.69. The van der Waals surface area contributed by atoms with Gasteiger partial charge in [0.25, 0.3) is 0 Å². The Morgan fingerprint density at radius 3 is 1.39 bits per heavy atom. The molecule has 1 rings (SSSR count). The fourth-order valence-corrected chi connectivity index (χ4v) is 3.54. The predicted octanol–water partition coefficient (Wildman–Crippen LogP) is 7.27. The average Bonchev–Trinajstić information content (AvgIpc) is 2.70. The van der Waals surface area contributed by atoms with Gasteiger partial charge in [0.2, 0.25) is 5.79 Å². The number of ether oxygens (including phenoxy) is 2. The van der Waals surface area contributed by atoms with Crippen LogP contribution in [0.5, 0.6) is 0 Å². The highest BCUT2D eigenvalue weighted by atomic mass is 35.5. The molecule has 0 spiro atoms. The van der Waals surface area contributed by atoms with Gasteiger partial charge < -0.3 is 9.47 Å². The van der Waals surface area contributed by atoms with Crippen LogP contribution in [0.3, 0.4) is 0 Å². The van der Waals surface area contributed by atoms with Crippen LogP contribution >= 0.6 is 46.4 Å². The second-order valence-electron chi connectivity index (χ2n) is 5.69. The molecule has 0 fully saturated rings. The maximum atomic E-state index is 6.34. The lowest BCUT2D eigenvalue weighted by Gasteiger charge is -2.30. The number of hydrogen-bond donors (Lipinski definition) is 0. The standard InChI is InChI=1S/C17H26Cl4O2/c1-3-5-7-9-11-22-17(23-12-10-8-6-4-2)15(20)13(18)14(19)16(17)21/h3-12H2,1-2H3. The van der Waals surface area contributed by atoms with Gasteiger partial charge in [-0.05, 0) is 12.8 Å². The number of rotatable bonds is 12. The van der Waals surface area contributed by atoms with Crippen LogP contribution in [-0.2, 0) is 9.47 Å². The zero-order valence-electron chi connectivity index (χ0n) is 13.9. The normalized spacial score (nSPS) is 17.5. The van der Waals surface area contributed by atoms with Gasteiger partial charge in [-0.2, -0.15) is 0 Å². The number of hydrogen-bond acceptors (Lipinski definition) is 2. The Kier molecular flexibility index (Phi) is 10.5. The van der Waals surface area contributed by atoms with E-state index >= 15 is 0 Å². The van der Waals surface area contributed by atoms with Gasteiger partial charge in [0.1, 0.15) is 10.1 Å². The Hall–Kier alpha value is 0.560. The van der Waals surface area contributed by atoms with Crippen molar-refractivity contribution in [2.45, 2.75) is 71.0 Å². The van der Waals surface area contributed by atoms with Crippen molar-refractivity contribution in [2.24, 2.45) is 0 Å². The highest BCUT2D eigenvalue weighted by molar-refractivity contribution is 6.53. The quantitative estimate of drug-likeness (QED) is 0.252. The van der Waals surface area contributed by atoms with Crippen LogP contribution in [0.2, 0.25) is 0 Å². The SMILES string of the molecule is CCCCCCOC1(OCCCCCC)C(Cl)=C(Cl)C(Cl)=C1Cl. The maximum absolute atomic E-state index is 6.34. The van der Waals surface area contributed by atoms with E-state index in [0.717, 1.165) is 38.5 Å². The molecule has 0 heterocycles. The molecule has 0 aliphatic heterocycles. The molecule has 0 bridgehead atoms. The van der Waals surface area contributed by atoms with Gasteiger partial charge in [-0.15, -0.1) is 0 Å². The fraction of sp³-hybridized carbons (Fsp3) is 0.765. The molecular weight excluding hydrogens is 378 g/mol. The summed E-state index contributed by atoms with van der Waals surface area (Å²) in [6.07, 6.45) is 8.68. The zero-order chi connectivity index (χ0) is 17.3. The minimum atomic E-state index is -1.32. The second-order valence-corrected chi connectivity index (χ2v) is 7.20. The first-order chi connectivity index (χ1) is 11.0. The van der Waals surface area contributed by atoms with E-state index in [4.69, 9.17) is 55.9 Å². The molecule has 0 N–H and O–H groups in total. The van der Waals surface area contributed by atoms with E-state index in [1.54, 1.807) is 0 Å². The van der Waals surface area contributed by atoms with Crippen LogP contribution in [0.1, 0.15) is 65.2 Å². The molecule has 6 heteroatoms. The van der Waals surface area contributed by atoms with Gasteiger partial charge in [-0.1, -0.05) is 98.8 Å². The molecule has 2 nitrogen and oxygen atoms in total. The molecule has 134 valence electrons. The van der Waals surface area contributed by atoms with Crippen molar-refractivity contribution in [3.63, 3.8) is 0 Å². The van der Waals surface area contributed by atoms with Gasteiger partial charge in [0, 0.05) is 0 Å². The Morgan fingerprint density at radius 1 is 0.652 bits per heavy atom. The van der Waals surface area contributed by atoms with E-state index in [0.29, 0.717) is 13.2 Å². The predicted molar refractivity (Wildman–Crippen MR) is 100 cm³/mol. The Bertz CT molecular complexity index is 392. The molecule has 0 aromatic carbocycles. The number of halogens is 4. The minimum Gasteiger partial charge on any atom is -0.341 e. The lowest BCUT2D eigenvalue weighted by molar-refractivity contribution is -0.177. The van der Waals surface area contributed by atoms with Crippen molar-refractivity contribution in [1.29, 1.82) is 0 Å². The summed E-state index contributed by atoms with van der Waals surface area (Å²) in [6, 6.07) is 0. The maximum Gasteiger partial charge on any atom is 0.247 e. The van der Waals surface area contributed by atoms with Gasteiger partial charge in [-0.3, -0.25) is 0 Å². The van der Waals surface area contributed by atoms with Crippen molar-refractivity contribution < 1.29 is 9.47 Å². The summed E-state index contributed by atoms with van der Waals surface area (Å²) in [5.74, 6) is -1.32. The van der Waals surface area contributed by atoms with E-state index in [-0.39, 0.29) is 20.1 Å². The monoisotopic (exact) mass is 402 g/mol. The third-order valence-electron chi connectivity index (χ3n) is 3.76. The Labute approximate surface area is 160 Å². The van der Waals surface area contributed by atoms with Crippen molar-refractivity contribution in [1.82, 2.24) is 0 Å². The molecule has 0 saturated carbocycles. The molecule has 0 unspecified atom stereocenters. The summed E-state index contributed by atoms with van der Waals surface area (Å²) in [4.78, 5) is 0. The van der Waals surface area contributed by atoms with Crippen LogP contribution in [0.25, 0.3) is 0 Å². The van der Waals surface area contributed by atoms with Gasteiger partial charge >= 0.3 is 0 Å². The molecule has 0 aromatic heterocycles. The molecule has 0 aromatic rings. The minimum absolute atomic E-state index is 0.209. The lowest BCUT2D eigenvalue weighted by Crippen LogP contribution is -2.36. The van der Waals surface area contributed by atoms with Gasteiger partial charge in [-0.25, -0.2) is 0 Å². The van der Waals surface area contributed by atoms with Gasteiger partial charge in [0.05, 0.1) is 23.3 Å². The van der Waals surface area contributed by atoms with Crippen LogP contribution < -0.4 is 0 Å². The Morgan fingerprint density at radius 2 is 1.04 bits per heavy atom. The highest BCUT2D eigenvalue weighted by Crippen LogP contribution is 2.50. The van der Waals surface area contributed by atoms with Crippen LogP contribution in [0.15, 0.2) is 20.1 Å². The molecule has 0 saturated heterocycles. The van der Waals surface area contributed by atoms with E-state index < -0.39 is 5.79 Å². The summed E-state index contributed by atoms with van der Waals surface area (Å²) in [5.41, 5.74) is 0. The number of unbranched alkanes of at least 4 members (excludes halogenated alkanes) is 6. The first kappa shape index (κ1) is 21.6. The summed E-state index contributed by atoms with van der Waals surface area (Å²) >= 11 is 24.9. The second kappa shape index (κ2) is 11.2. The molecule has 1 aliphatic rings. The third-order valence-corrected chi connectivity index (χ3v) is 5.68. The molecule has 1 aliphatic carbocycles. The topological polar surface area (TPSA) is 18.5 Å². The fourth-order valence-electron chi connectivity index (χ4n) is 2.36. The van der Waals surface area contributed by atoms with E-state index in [9.17, 15) is 0 Å². The van der Waals surface area contributed by atoms with Crippen molar-refractivity contribution in [2.75, 3.05) is 13.2 Å². The highest BCUT2D eigenvalue weighted by Gasteiger charge is 2.48. The largest absolute Gasteiger partial charge is 0.341 e. The summed E-state index contributed by atoms with van der Waals surface area (Å²) in [6.45, 7) is 5.32. The summed E-state index contributed by atoms with van der Waals surface area (Å²) < 4.78 is 11.9. The molecule has 0 radical (unpaired) electrons. The molecule has 23 heavy (non-hydrogen) atoms. The average molecular weight is 404 g/mol. The smallest absolute Gasteiger partial charge is 0.247 e. The first-order valence-electron chi connectivity index (χ1n) is 8.41. The third kappa shape index (κ3) is 5.80. The lowest BCUT2D eigenvalue weighted by atomic mass is 10.2. The van der Waals surface area contributed by atoms with Gasteiger partial charge in [0.15, 0.2) is 0 Å². The molecular formula is C17H26Cl4O2. The van der Waals surface area contributed by atoms with Crippen LogP contribution in [-0.4, -0.2) is 19.0 Å². The van der Waals surface area contributed by atoms with Crippen molar-refractivity contribution in [3.05, 3.63) is 20.1 Å². The molecule has 0 atom stereocenters. The number of allylic oxidation sites excluding steroid dienone is 2. The van der Waals surface area contributed by atoms with Crippen molar-refractivity contribution in [3.8, 4) is 0 Å². The van der Waals surface area contributed by atoms with Crippen LogP contribution in [0, 0.1) is 0 Å².